The number of imide groups is 1. The van der Waals surface area contributed by atoms with E-state index in [1.165, 1.54) is 7.11 Å². The molecule has 290 valence electrons. The second kappa shape index (κ2) is 16.7. The van der Waals surface area contributed by atoms with Crippen LogP contribution < -0.4 is 14.4 Å². The van der Waals surface area contributed by atoms with Crippen LogP contribution in [0.2, 0.25) is 0 Å². The van der Waals surface area contributed by atoms with E-state index in [2.05, 4.69) is 0 Å². The van der Waals surface area contributed by atoms with E-state index in [1.807, 2.05) is 35.6 Å². The Morgan fingerprint density at radius 1 is 0.981 bits per heavy atom. The molecule has 0 bridgehead atoms. The molecule has 3 aromatic rings. The summed E-state index contributed by atoms with van der Waals surface area (Å²) in [6, 6.07) is 12.6. The van der Waals surface area contributed by atoms with Crippen molar-refractivity contribution in [3.8, 4) is 17.2 Å². The van der Waals surface area contributed by atoms with E-state index in [1.54, 1.807) is 42.5 Å². The van der Waals surface area contributed by atoms with Gasteiger partial charge in [0, 0.05) is 5.92 Å². The molecule has 8 nitrogen and oxygen atoms in total. The Hall–Kier alpha value is -4.09. The number of aliphatic hydroxyl groups is 2. The van der Waals surface area contributed by atoms with Gasteiger partial charge in [0.1, 0.15) is 12.4 Å². The predicted molar refractivity (Wildman–Crippen MR) is 196 cm³/mol. The molecule has 0 saturated carbocycles. The number of hydrogen-bond acceptors (Lipinski definition) is 7. The van der Waals surface area contributed by atoms with Gasteiger partial charge < -0.3 is 24.8 Å². The summed E-state index contributed by atoms with van der Waals surface area (Å²) in [5.74, 6) is -5.22. The molecule has 0 spiro atoms. The topological polar surface area (TPSA) is 117 Å². The van der Waals surface area contributed by atoms with Crippen LogP contribution in [0.25, 0.3) is 6.08 Å². The van der Waals surface area contributed by atoms with Crippen molar-refractivity contribution in [1.82, 2.24) is 0 Å². The smallest absolute Gasteiger partial charge is 0.416 e. The molecule has 1 aliphatic carbocycles. The monoisotopic (exact) mass is 873 g/mol. The van der Waals surface area contributed by atoms with Gasteiger partial charge in [0.15, 0.2) is 11.5 Å². The van der Waals surface area contributed by atoms with Gasteiger partial charge >= 0.3 is 12.4 Å². The number of halogens is 7. The normalized spacial score (nSPS) is 20.0. The summed E-state index contributed by atoms with van der Waals surface area (Å²) in [4.78, 5) is 28.2. The number of aromatic hydroxyl groups is 1. The van der Waals surface area contributed by atoms with Crippen molar-refractivity contribution in [3.05, 3.63) is 97.6 Å². The third-order valence-corrected chi connectivity index (χ3v) is 10.5. The first-order valence-corrected chi connectivity index (χ1v) is 18.2. The maximum absolute atomic E-state index is 14.0. The maximum Gasteiger partial charge on any atom is 0.416 e. The number of amides is 2. The van der Waals surface area contributed by atoms with Gasteiger partial charge in [-0.3, -0.25) is 9.59 Å². The number of carbonyl (C=O) groups excluding carboxylic acids is 2. The van der Waals surface area contributed by atoms with Crippen molar-refractivity contribution in [2.24, 2.45) is 17.8 Å². The van der Waals surface area contributed by atoms with Gasteiger partial charge in [-0.1, -0.05) is 43.2 Å². The number of phenols is 1. The van der Waals surface area contributed by atoms with Crippen molar-refractivity contribution < 1.29 is 60.7 Å². The van der Waals surface area contributed by atoms with Crippen molar-refractivity contribution in [3.63, 3.8) is 0 Å². The zero-order valence-corrected chi connectivity index (χ0v) is 31.3. The van der Waals surface area contributed by atoms with Gasteiger partial charge in [0.05, 0.1) is 52.0 Å². The molecule has 2 amide bonds. The Morgan fingerprint density at radius 2 is 1.63 bits per heavy atom. The number of rotatable bonds is 13. The number of phenolic OH excluding ortho intramolecular Hbond substituents is 1. The molecule has 0 unspecified atom stereocenters. The Morgan fingerprint density at radius 3 is 2.20 bits per heavy atom. The van der Waals surface area contributed by atoms with Crippen molar-refractivity contribution in [2.75, 3.05) is 25.2 Å². The van der Waals surface area contributed by atoms with Gasteiger partial charge in [0.25, 0.3) is 0 Å². The number of benzene rings is 3. The van der Waals surface area contributed by atoms with E-state index in [9.17, 15) is 51.3 Å². The number of para-hydroxylation sites is 1. The Bertz CT molecular complexity index is 1900. The minimum atomic E-state index is -5.22. The molecular formula is C39H38F6INO7. The molecule has 0 aromatic heterocycles. The average molecular weight is 874 g/mol. The highest BCUT2D eigenvalue weighted by Crippen LogP contribution is 2.49. The number of nitrogens with zero attached hydrogens (tertiary/aromatic N) is 1. The highest BCUT2D eigenvalue weighted by molar-refractivity contribution is 14.1. The summed E-state index contributed by atoms with van der Waals surface area (Å²) >= 11 is 1.98. The molecule has 0 radical (unpaired) electrons. The fourth-order valence-corrected chi connectivity index (χ4v) is 7.86. The highest BCUT2D eigenvalue weighted by Gasteiger charge is 2.56. The van der Waals surface area contributed by atoms with E-state index in [-0.39, 0.29) is 42.6 Å². The SMILES string of the molecule is CCC/C(=C\c1cc(I)c(O)c(OC)c1)CC[C@@H](O)C1=C(COc2ccccc2)C[C@H]2C(=O)N(c3cc(C(F)(F)F)cc(C(F)(F)F)c3)C(=O)[C@H]2[C@H]1CO. The molecule has 1 fully saturated rings. The zero-order chi connectivity index (χ0) is 39.5. The van der Waals surface area contributed by atoms with E-state index in [0.29, 0.717) is 44.8 Å². The van der Waals surface area contributed by atoms with Crippen LogP contribution in [0.4, 0.5) is 32.0 Å². The van der Waals surface area contributed by atoms with E-state index >= 15 is 0 Å². The zero-order valence-electron chi connectivity index (χ0n) is 29.2. The van der Waals surface area contributed by atoms with Gasteiger partial charge in [0.2, 0.25) is 11.8 Å². The van der Waals surface area contributed by atoms with E-state index < -0.39 is 71.4 Å². The van der Waals surface area contributed by atoms with Crippen LogP contribution in [0.3, 0.4) is 0 Å². The maximum atomic E-state index is 14.0. The first kappa shape index (κ1) is 41.1. The molecule has 2 aliphatic rings. The summed E-state index contributed by atoms with van der Waals surface area (Å²) in [6.07, 6.45) is -8.16. The molecule has 3 aromatic carbocycles. The lowest BCUT2D eigenvalue weighted by Gasteiger charge is -2.36. The first-order valence-electron chi connectivity index (χ1n) is 17.1. The van der Waals surface area contributed by atoms with Crippen molar-refractivity contribution in [2.45, 2.75) is 57.5 Å². The molecule has 1 saturated heterocycles. The second-order valence-corrected chi connectivity index (χ2v) is 14.4. The molecule has 15 heteroatoms. The standard InChI is InChI=1S/C39H38F6INO7/c1-3-7-21(12-22-13-30(46)35(50)32(14-22)53-2)10-11-31(49)33-23(20-54-27-8-5-4-6-9-27)15-28-34(29(33)19-48)37(52)47(36(28)51)26-17-24(38(40,41)42)16-25(18-26)39(43,44)45/h4-6,8-9,12-14,16-18,28-29,31,34,48-50H,3,7,10-11,15,19-20H2,1-2H3/b21-12+/t28-,29+,31-,34-/m1/s1. The average Bonchev–Trinajstić information content (AvgIpc) is 3.38. The van der Waals surface area contributed by atoms with Gasteiger partial charge in [-0.25, -0.2) is 4.90 Å². The number of methoxy groups -OCH3 is 1. The highest BCUT2D eigenvalue weighted by atomic mass is 127. The summed E-state index contributed by atoms with van der Waals surface area (Å²) in [7, 11) is 1.43. The molecule has 1 heterocycles. The Balaban J connectivity index is 1.51. The number of anilines is 1. The van der Waals surface area contributed by atoms with Crippen LogP contribution in [-0.2, 0) is 21.9 Å². The van der Waals surface area contributed by atoms with Crippen LogP contribution in [0, 0.1) is 21.3 Å². The largest absolute Gasteiger partial charge is 0.504 e. The molecule has 3 N–H and O–H groups in total. The lowest BCUT2D eigenvalue weighted by atomic mass is 9.68. The third kappa shape index (κ3) is 8.89. The number of carbonyl (C=O) groups is 2. The van der Waals surface area contributed by atoms with Crippen LogP contribution in [-0.4, -0.2) is 53.6 Å². The van der Waals surface area contributed by atoms with E-state index in [0.717, 1.165) is 17.6 Å². The van der Waals surface area contributed by atoms with Crippen LogP contribution >= 0.6 is 22.6 Å². The molecule has 5 rings (SSSR count). The summed E-state index contributed by atoms with van der Waals surface area (Å²) in [5, 5.41) is 32.9. The lowest BCUT2D eigenvalue weighted by Crippen LogP contribution is -2.40. The van der Waals surface area contributed by atoms with Crippen LogP contribution in [0.15, 0.2) is 77.4 Å². The minimum Gasteiger partial charge on any atom is -0.504 e. The Labute approximate surface area is 321 Å². The molecule has 4 atom stereocenters. The fourth-order valence-electron chi connectivity index (χ4n) is 7.24. The predicted octanol–water partition coefficient (Wildman–Crippen LogP) is 8.56. The number of allylic oxidation sites excluding steroid dienone is 1. The van der Waals surface area contributed by atoms with Gasteiger partial charge in [-0.15, -0.1) is 0 Å². The summed E-state index contributed by atoms with van der Waals surface area (Å²) < 4.78 is 94.4. The Kier molecular flexibility index (Phi) is 12.7. The molecule has 1 aliphatic heterocycles. The fraction of sp³-hybridized carbons (Fsp3) is 0.385. The number of fused-ring (bicyclic) bond motifs is 1. The number of hydrogen-bond donors (Lipinski definition) is 3. The van der Waals surface area contributed by atoms with Gasteiger partial charge in [-0.05, 0) is 107 Å². The quantitative estimate of drug-likeness (QED) is 0.0683. The minimum absolute atomic E-state index is 0.00194. The molecular weight excluding hydrogens is 835 g/mol. The first-order chi connectivity index (χ1) is 25.5. The van der Waals surface area contributed by atoms with Crippen molar-refractivity contribution in [1.29, 1.82) is 0 Å². The van der Waals surface area contributed by atoms with E-state index in [4.69, 9.17) is 9.47 Å². The third-order valence-electron chi connectivity index (χ3n) is 9.68. The van der Waals surface area contributed by atoms with Crippen LogP contribution in [0.5, 0.6) is 17.2 Å². The number of alkyl halides is 6. The second-order valence-electron chi connectivity index (χ2n) is 13.2. The van der Waals surface area contributed by atoms with Gasteiger partial charge in [-0.2, -0.15) is 26.3 Å². The lowest BCUT2D eigenvalue weighted by molar-refractivity contribution is -0.143. The van der Waals surface area contributed by atoms with Crippen molar-refractivity contribution >= 4 is 46.2 Å². The molecule has 54 heavy (non-hydrogen) atoms. The van der Waals surface area contributed by atoms with Crippen LogP contribution in [0.1, 0.15) is 55.7 Å². The summed E-state index contributed by atoms with van der Waals surface area (Å²) in [6.45, 7) is 1.05. The number of ether oxygens (including phenoxy) is 2. The number of aliphatic hydroxyl groups excluding tert-OH is 2. The summed E-state index contributed by atoms with van der Waals surface area (Å²) in [5.41, 5.74) is -1.98.